The van der Waals surface area contributed by atoms with Crippen LogP contribution in [0.15, 0.2) is 24.3 Å². The first kappa shape index (κ1) is 10.1. The fourth-order valence-corrected chi connectivity index (χ4v) is 1.67. The van der Waals surface area contributed by atoms with E-state index >= 15 is 0 Å². The number of aryl methyl sites for hydroxylation is 1. The summed E-state index contributed by atoms with van der Waals surface area (Å²) in [5, 5.41) is 5.06. The first-order valence-electron chi connectivity index (χ1n) is 4.64. The fourth-order valence-electron chi connectivity index (χ4n) is 1.50. The monoisotopic (exact) mass is 221 g/mol. The second-order valence-corrected chi connectivity index (χ2v) is 3.90. The number of benzene rings is 1. The van der Waals surface area contributed by atoms with Crippen molar-refractivity contribution in [3.63, 3.8) is 0 Å². The molecule has 78 valence electrons. The van der Waals surface area contributed by atoms with Gasteiger partial charge in [0.05, 0.1) is 5.69 Å². The van der Waals surface area contributed by atoms with E-state index in [-0.39, 0.29) is 0 Å². The van der Waals surface area contributed by atoms with Gasteiger partial charge in [-0.1, -0.05) is 23.7 Å². The summed E-state index contributed by atoms with van der Waals surface area (Å²) in [6.45, 7) is 1.97. The molecular formula is C11H12ClN3. The van der Waals surface area contributed by atoms with Crippen molar-refractivity contribution in [2.75, 3.05) is 5.73 Å². The highest BCUT2D eigenvalue weighted by molar-refractivity contribution is 6.31. The molecule has 1 aromatic heterocycles. The Morgan fingerprint density at radius 2 is 2.13 bits per heavy atom. The van der Waals surface area contributed by atoms with E-state index in [9.17, 15) is 0 Å². The number of nitrogens with two attached hydrogens (primary N) is 1. The van der Waals surface area contributed by atoms with Gasteiger partial charge in [-0.25, -0.2) is 0 Å². The van der Waals surface area contributed by atoms with Crippen LogP contribution in [0.2, 0.25) is 5.02 Å². The number of nitrogen functional groups attached to an aromatic ring is 1. The number of hydrogen-bond donors (Lipinski definition) is 1. The molecule has 2 rings (SSSR count). The number of anilines is 1. The smallest absolute Gasteiger partial charge is 0.121 e. The van der Waals surface area contributed by atoms with E-state index in [1.54, 1.807) is 4.68 Å². The van der Waals surface area contributed by atoms with Crippen LogP contribution < -0.4 is 5.73 Å². The minimum absolute atomic E-state index is 0.643. The van der Waals surface area contributed by atoms with Gasteiger partial charge >= 0.3 is 0 Å². The van der Waals surface area contributed by atoms with E-state index in [0.717, 1.165) is 21.8 Å². The van der Waals surface area contributed by atoms with Crippen LogP contribution in [0.4, 0.5) is 5.82 Å². The molecule has 0 saturated carbocycles. The summed E-state index contributed by atoms with van der Waals surface area (Å²) in [5.74, 6) is 0.643. The van der Waals surface area contributed by atoms with Gasteiger partial charge in [0.2, 0.25) is 0 Å². The predicted octanol–water partition coefficient (Wildman–Crippen LogP) is 2.63. The van der Waals surface area contributed by atoms with Crippen LogP contribution >= 0.6 is 11.6 Å². The third-order valence-corrected chi connectivity index (χ3v) is 2.87. The third-order valence-electron chi connectivity index (χ3n) is 2.46. The Hall–Kier alpha value is -1.48. The number of aromatic nitrogens is 2. The lowest BCUT2D eigenvalue weighted by Gasteiger charge is -2.03. The van der Waals surface area contributed by atoms with Gasteiger partial charge in [0.25, 0.3) is 0 Å². The highest BCUT2D eigenvalue weighted by Crippen LogP contribution is 2.28. The van der Waals surface area contributed by atoms with Crippen LogP contribution in [-0.4, -0.2) is 9.78 Å². The molecule has 3 nitrogen and oxygen atoms in total. The summed E-state index contributed by atoms with van der Waals surface area (Å²) in [4.78, 5) is 0. The highest BCUT2D eigenvalue weighted by atomic mass is 35.5. The number of rotatable bonds is 1. The maximum absolute atomic E-state index is 6.04. The number of nitrogens with zero attached hydrogens (tertiary/aromatic N) is 2. The van der Waals surface area contributed by atoms with Gasteiger partial charge in [0.15, 0.2) is 0 Å². The summed E-state index contributed by atoms with van der Waals surface area (Å²) in [5.41, 5.74) is 8.64. The van der Waals surface area contributed by atoms with Crippen molar-refractivity contribution in [2.24, 2.45) is 7.05 Å². The van der Waals surface area contributed by atoms with Crippen molar-refractivity contribution in [1.82, 2.24) is 9.78 Å². The van der Waals surface area contributed by atoms with Crippen LogP contribution in [0.5, 0.6) is 0 Å². The zero-order valence-electron chi connectivity index (χ0n) is 8.66. The van der Waals surface area contributed by atoms with Gasteiger partial charge in [-0.05, 0) is 18.6 Å². The van der Waals surface area contributed by atoms with Crippen LogP contribution in [0.1, 0.15) is 5.56 Å². The SMILES string of the molecule is Cc1c(Cl)cccc1-c1cc(N)n(C)n1. The van der Waals surface area contributed by atoms with E-state index in [0.29, 0.717) is 5.82 Å². The third kappa shape index (κ3) is 1.70. The molecule has 0 aliphatic heterocycles. The molecule has 0 radical (unpaired) electrons. The summed E-state index contributed by atoms with van der Waals surface area (Å²) in [6, 6.07) is 7.61. The lowest BCUT2D eigenvalue weighted by atomic mass is 10.1. The Bertz CT molecular complexity index is 483. The summed E-state index contributed by atoms with van der Waals surface area (Å²) < 4.78 is 1.65. The van der Waals surface area contributed by atoms with Crippen molar-refractivity contribution in [1.29, 1.82) is 0 Å². The van der Waals surface area contributed by atoms with Gasteiger partial charge < -0.3 is 5.73 Å². The largest absolute Gasteiger partial charge is 0.384 e. The molecule has 0 fully saturated rings. The van der Waals surface area contributed by atoms with E-state index in [1.807, 2.05) is 38.2 Å². The Morgan fingerprint density at radius 1 is 1.40 bits per heavy atom. The van der Waals surface area contributed by atoms with Gasteiger partial charge in [-0.2, -0.15) is 5.10 Å². The Morgan fingerprint density at radius 3 is 2.73 bits per heavy atom. The first-order valence-corrected chi connectivity index (χ1v) is 5.02. The predicted molar refractivity (Wildman–Crippen MR) is 62.8 cm³/mol. The van der Waals surface area contributed by atoms with Crippen molar-refractivity contribution < 1.29 is 0 Å². The maximum Gasteiger partial charge on any atom is 0.121 e. The maximum atomic E-state index is 6.04. The minimum atomic E-state index is 0.643. The van der Waals surface area contributed by atoms with Crippen molar-refractivity contribution >= 4 is 17.4 Å². The second kappa shape index (κ2) is 3.59. The van der Waals surface area contributed by atoms with Crippen LogP contribution in [0.3, 0.4) is 0 Å². The molecular weight excluding hydrogens is 210 g/mol. The molecule has 0 atom stereocenters. The van der Waals surface area contributed by atoms with E-state index < -0.39 is 0 Å². The molecule has 1 aromatic carbocycles. The zero-order chi connectivity index (χ0) is 11.0. The standard InChI is InChI=1S/C11H12ClN3/c1-7-8(4-3-5-9(7)12)10-6-11(13)15(2)14-10/h3-6H,13H2,1-2H3. The molecule has 0 unspecified atom stereocenters. The Labute approximate surface area is 93.5 Å². The number of halogens is 1. The zero-order valence-corrected chi connectivity index (χ0v) is 9.42. The average molecular weight is 222 g/mol. The van der Waals surface area contributed by atoms with Gasteiger partial charge in [-0.15, -0.1) is 0 Å². The summed E-state index contributed by atoms with van der Waals surface area (Å²) in [7, 11) is 1.82. The van der Waals surface area contributed by atoms with E-state index in [1.165, 1.54) is 0 Å². The average Bonchev–Trinajstić information content (AvgIpc) is 2.51. The van der Waals surface area contributed by atoms with Gasteiger partial charge in [-0.3, -0.25) is 4.68 Å². The Kier molecular flexibility index (Phi) is 2.40. The normalized spacial score (nSPS) is 10.6. The molecule has 0 saturated heterocycles. The summed E-state index contributed by atoms with van der Waals surface area (Å²) >= 11 is 6.04. The fraction of sp³-hybridized carbons (Fsp3) is 0.182. The topological polar surface area (TPSA) is 43.8 Å². The molecule has 0 aliphatic rings. The van der Waals surface area contributed by atoms with Crippen molar-refractivity contribution in [2.45, 2.75) is 6.92 Å². The molecule has 15 heavy (non-hydrogen) atoms. The number of hydrogen-bond acceptors (Lipinski definition) is 2. The van der Waals surface area contributed by atoms with Gasteiger partial charge in [0, 0.05) is 23.7 Å². The van der Waals surface area contributed by atoms with Crippen molar-refractivity contribution in [3.8, 4) is 11.3 Å². The highest BCUT2D eigenvalue weighted by Gasteiger charge is 2.08. The molecule has 2 aromatic rings. The van der Waals surface area contributed by atoms with Crippen LogP contribution in [0, 0.1) is 6.92 Å². The quantitative estimate of drug-likeness (QED) is 0.805. The molecule has 0 amide bonds. The van der Waals surface area contributed by atoms with Crippen LogP contribution in [0.25, 0.3) is 11.3 Å². The molecule has 0 bridgehead atoms. The molecule has 2 N–H and O–H groups in total. The molecule has 0 aliphatic carbocycles. The lowest BCUT2D eigenvalue weighted by Crippen LogP contribution is -1.96. The first-order chi connectivity index (χ1) is 7.09. The van der Waals surface area contributed by atoms with Crippen LogP contribution in [-0.2, 0) is 7.05 Å². The summed E-state index contributed by atoms with van der Waals surface area (Å²) in [6.07, 6.45) is 0. The molecule has 4 heteroatoms. The minimum Gasteiger partial charge on any atom is -0.384 e. The van der Waals surface area contributed by atoms with Gasteiger partial charge in [0.1, 0.15) is 5.82 Å². The lowest BCUT2D eigenvalue weighted by molar-refractivity contribution is 0.782. The van der Waals surface area contributed by atoms with E-state index in [2.05, 4.69) is 5.10 Å². The molecule has 1 heterocycles. The molecule has 0 spiro atoms. The van der Waals surface area contributed by atoms with E-state index in [4.69, 9.17) is 17.3 Å². The second-order valence-electron chi connectivity index (χ2n) is 3.49. The Balaban J connectivity index is 2.59. The van der Waals surface area contributed by atoms with Crippen molar-refractivity contribution in [3.05, 3.63) is 34.9 Å².